The van der Waals surface area contributed by atoms with Gasteiger partial charge in [-0.3, -0.25) is 0 Å². The molecule has 0 aromatic heterocycles. The first-order chi connectivity index (χ1) is 6.71. The van der Waals surface area contributed by atoms with E-state index in [1.165, 1.54) is 31.5 Å². The summed E-state index contributed by atoms with van der Waals surface area (Å²) in [5.74, 6) is 0. The van der Waals surface area contributed by atoms with Crippen LogP contribution in [0.25, 0.3) is 0 Å². The number of halogens is 1. The van der Waals surface area contributed by atoms with Crippen molar-refractivity contribution >= 4 is 12.4 Å². The Morgan fingerprint density at radius 1 is 1.07 bits per heavy atom. The molecule has 1 aliphatic rings. The summed E-state index contributed by atoms with van der Waals surface area (Å²) in [6, 6.07) is 10.9. The molecular formula is C13H20ClN. The van der Waals surface area contributed by atoms with Crippen LogP contribution in [0.3, 0.4) is 0 Å². The van der Waals surface area contributed by atoms with E-state index in [4.69, 9.17) is 0 Å². The fourth-order valence-corrected chi connectivity index (χ4v) is 2.24. The Bertz CT molecular complexity index is 289. The van der Waals surface area contributed by atoms with Crippen LogP contribution in [-0.4, -0.2) is 25.0 Å². The summed E-state index contributed by atoms with van der Waals surface area (Å²) >= 11 is 0. The van der Waals surface area contributed by atoms with Crippen molar-refractivity contribution in [2.75, 3.05) is 20.1 Å². The van der Waals surface area contributed by atoms with E-state index < -0.39 is 0 Å². The smallest absolute Gasteiger partial charge is 0.00134 e. The van der Waals surface area contributed by atoms with Crippen LogP contribution in [0.2, 0.25) is 0 Å². The molecule has 2 heteroatoms. The van der Waals surface area contributed by atoms with Crippen LogP contribution >= 0.6 is 12.4 Å². The molecule has 1 nitrogen and oxygen atoms in total. The Labute approximate surface area is 98.9 Å². The van der Waals surface area contributed by atoms with E-state index in [9.17, 15) is 0 Å². The minimum atomic E-state index is 0. The monoisotopic (exact) mass is 225 g/mol. The zero-order valence-electron chi connectivity index (χ0n) is 9.57. The summed E-state index contributed by atoms with van der Waals surface area (Å²) in [4.78, 5) is 2.42. The number of rotatable bonds is 1. The molecule has 0 aliphatic carbocycles. The molecule has 0 bridgehead atoms. The van der Waals surface area contributed by atoms with Crippen LogP contribution in [0.4, 0.5) is 0 Å². The average molecular weight is 226 g/mol. The molecule has 1 saturated heterocycles. The number of piperidine rings is 1. The molecule has 0 unspecified atom stereocenters. The van der Waals surface area contributed by atoms with Gasteiger partial charge in [0.2, 0.25) is 0 Å². The Hall–Kier alpha value is -0.530. The summed E-state index contributed by atoms with van der Waals surface area (Å²) in [5, 5.41) is 0. The summed E-state index contributed by atoms with van der Waals surface area (Å²) < 4.78 is 0. The third kappa shape index (κ3) is 2.73. The molecule has 2 rings (SSSR count). The van der Waals surface area contributed by atoms with Crippen molar-refractivity contribution in [3.63, 3.8) is 0 Å². The van der Waals surface area contributed by atoms with Crippen LogP contribution < -0.4 is 0 Å². The van der Waals surface area contributed by atoms with Crippen molar-refractivity contribution < 1.29 is 0 Å². The number of hydrogen-bond donors (Lipinski definition) is 0. The predicted octanol–water partition coefficient (Wildman–Crippen LogP) is 3.09. The molecule has 0 spiro atoms. The van der Waals surface area contributed by atoms with Gasteiger partial charge in [-0.05, 0) is 44.0 Å². The second-order valence-corrected chi connectivity index (χ2v) is 4.73. The molecule has 0 amide bonds. The number of nitrogens with zero attached hydrogens (tertiary/aromatic N) is 1. The maximum absolute atomic E-state index is 2.42. The number of hydrogen-bond acceptors (Lipinski definition) is 1. The molecular weight excluding hydrogens is 206 g/mol. The highest BCUT2D eigenvalue weighted by Gasteiger charge is 2.29. The fourth-order valence-electron chi connectivity index (χ4n) is 2.24. The molecule has 0 N–H and O–H groups in total. The molecule has 84 valence electrons. The van der Waals surface area contributed by atoms with Gasteiger partial charge in [0.05, 0.1) is 0 Å². The van der Waals surface area contributed by atoms with Gasteiger partial charge in [0, 0.05) is 0 Å². The normalized spacial score (nSPS) is 20.7. The van der Waals surface area contributed by atoms with Crippen LogP contribution in [-0.2, 0) is 5.41 Å². The van der Waals surface area contributed by atoms with E-state index >= 15 is 0 Å². The Morgan fingerprint density at radius 3 is 2.13 bits per heavy atom. The van der Waals surface area contributed by atoms with Crippen molar-refractivity contribution in [2.24, 2.45) is 0 Å². The molecule has 1 aromatic carbocycles. The van der Waals surface area contributed by atoms with Crippen LogP contribution in [0, 0.1) is 0 Å². The number of benzene rings is 1. The highest BCUT2D eigenvalue weighted by atomic mass is 35.5. The van der Waals surface area contributed by atoms with Gasteiger partial charge in [-0.1, -0.05) is 37.3 Å². The van der Waals surface area contributed by atoms with Crippen molar-refractivity contribution in [3.8, 4) is 0 Å². The molecule has 1 heterocycles. The minimum absolute atomic E-state index is 0. The van der Waals surface area contributed by atoms with Gasteiger partial charge in [-0.2, -0.15) is 0 Å². The first-order valence-electron chi connectivity index (χ1n) is 5.45. The van der Waals surface area contributed by atoms with Gasteiger partial charge < -0.3 is 4.90 Å². The quantitative estimate of drug-likeness (QED) is 0.710. The van der Waals surface area contributed by atoms with Crippen molar-refractivity contribution in [3.05, 3.63) is 35.9 Å². The topological polar surface area (TPSA) is 3.24 Å². The van der Waals surface area contributed by atoms with E-state index in [2.05, 4.69) is 49.2 Å². The largest absolute Gasteiger partial charge is 0.306 e. The van der Waals surface area contributed by atoms with Gasteiger partial charge in [-0.15, -0.1) is 12.4 Å². The third-order valence-corrected chi connectivity index (χ3v) is 3.56. The second-order valence-electron chi connectivity index (χ2n) is 4.73. The lowest BCUT2D eigenvalue weighted by molar-refractivity contribution is 0.200. The summed E-state index contributed by atoms with van der Waals surface area (Å²) in [7, 11) is 2.21. The van der Waals surface area contributed by atoms with Gasteiger partial charge in [-0.25, -0.2) is 0 Å². The summed E-state index contributed by atoms with van der Waals surface area (Å²) in [6.07, 6.45) is 2.57. The molecule has 1 aliphatic heterocycles. The zero-order valence-corrected chi connectivity index (χ0v) is 10.4. The first kappa shape index (κ1) is 12.5. The average Bonchev–Trinajstić information content (AvgIpc) is 2.24. The van der Waals surface area contributed by atoms with E-state index in [0.717, 1.165) is 0 Å². The lowest BCUT2D eigenvalue weighted by Crippen LogP contribution is -2.38. The number of likely N-dealkylation sites (tertiary alicyclic amines) is 1. The van der Waals surface area contributed by atoms with E-state index in [1.807, 2.05) is 0 Å². The van der Waals surface area contributed by atoms with Gasteiger partial charge in [0.25, 0.3) is 0 Å². The van der Waals surface area contributed by atoms with Crippen molar-refractivity contribution in [2.45, 2.75) is 25.2 Å². The van der Waals surface area contributed by atoms with Crippen LogP contribution in [0.1, 0.15) is 25.3 Å². The second kappa shape index (κ2) is 5.00. The maximum Gasteiger partial charge on any atom is -0.00134 e. The molecule has 1 fully saturated rings. The highest BCUT2D eigenvalue weighted by molar-refractivity contribution is 5.85. The van der Waals surface area contributed by atoms with Gasteiger partial charge in [0.15, 0.2) is 0 Å². The first-order valence-corrected chi connectivity index (χ1v) is 5.45. The fraction of sp³-hybridized carbons (Fsp3) is 0.538. The Morgan fingerprint density at radius 2 is 1.60 bits per heavy atom. The standard InChI is InChI=1S/C13H19N.ClH/c1-13(8-10-14(2)11-9-13)12-6-4-3-5-7-12;/h3-7H,8-11H2,1-2H3;1H. The maximum atomic E-state index is 2.42. The van der Waals surface area contributed by atoms with Gasteiger partial charge >= 0.3 is 0 Å². The highest BCUT2D eigenvalue weighted by Crippen LogP contribution is 2.34. The molecule has 0 saturated carbocycles. The molecule has 1 aromatic rings. The zero-order chi connectivity index (χ0) is 10.0. The van der Waals surface area contributed by atoms with E-state index in [0.29, 0.717) is 5.41 Å². The SMILES string of the molecule is CN1CCC(C)(c2ccccc2)CC1.Cl. The van der Waals surface area contributed by atoms with Crippen molar-refractivity contribution in [1.82, 2.24) is 4.90 Å². The Kier molecular flexibility index (Phi) is 4.18. The minimum Gasteiger partial charge on any atom is -0.306 e. The third-order valence-electron chi connectivity index (χ3n) is 3.56. The molecule has 0 atom stereocenters. The van der Waals surface area contributed by atoms with Crippen molar-refractivity contribution in [1.29, 1.82) is 0 Å². The molecule has 15 heavy (non-hydrogen) atoms. The predicted molar refractivity (Wildman–Crippen MR) is 67.8 cm³/mol. The lowest BCUT2D eigenvalue weighted by atomic mass is 9.75. The van der Waals surface area contributed by atoms with Crippen LogP contribution in [0.15, 0.2) is 30.3 Å². The summed E-state index contributed by atoms with van der Waals surface area (Å²) in [6.45, 7) is 4.85. The van der Waals surface area contributed by atoms with Crippen LogP contribution in [0.5, 0.6) is 0 Å². The molecule has 0 radical (unpaired) electrons. The summed E-state index contributed by atoms with van der Waals surface area (Å²) in [5.41, 5.74) is 1.92. The van der Waals surface area contributed by atoms with Gasteiger partial charge in [0.1, 0.15) is 0 Å². The lowest BCUT2D eigenvalue weighted by Gasteiger charge is -2.38. The Balaban J connectivity index is 0.00000112. The van der Waals surface area contributed by atoms with E-state index in [-0.39, 0.29) is 12.4 Å². The van der Waals surface area contributed by atoms with E-state index in [1.54, 1.807) is 0 Å².